The van der Waals surface area contributed by atoms with Crippen molar-refractivity contribution < 1.29 is 31.1 Å². The first-order valence-electron chi connectivity index (χ1n) is 5.73. The molecule has 1 heterocycles. The quantitative estimate of drug-likeness (QED) is 0.654. The monoisotopic (exact) mass is 332 g/mol. The Hall–Kier alpha value is -1.24. The van der Waals surface area contributed by atoms with Gasteiger partial charge in [0.15, 0.2) is 0 Å². The number of nitrogens with two attached hydrogens (primary N) is 1. The highest BCUT2D eigenvalue weighted by Gasteiger charge is 2.27. The van der Waals surface area contributed by atoms with Crippen molar-refractivity contribution in [1.82, 2.24) is 14.8 Å². The molecule has 0 aliphatic heterocycles. The van der Waals surface area contributed by atoms with Crippen LogP contribution in [0.3, 0.4) is 0 Å². The highest BCUT2D eigenvalue weighted by molar-refractivity contribution is 7.89. The van der Waals surface area contributed by atoms with Gasteiger partial charge in [-0.15, -0.1) is 10.2 Å². The zero-order valence-electron chi connectivity index (χ0n) is 11.1. The predicted octanol–water partition coefficient (Wildman–Crippen LogP) is -0.307. The van der Waals surface area contributed by atoms with Crippen molar-refractivity contribution in [2.75, 3.05) is 26.9 Å². The first-order valence-corrected chi connectivity index (χ1v) is 7.28. The lowest BCUT2D eigenvalue weighted by Crippen LogP contribution is -2.22. The molecule has 0 unspecified atom stereocenters. The van der Waals surface area contributed by atoms with Crippen LogP contribution >= 0.6 is 0 Å². The lowest BCUT2D eigenvalue weighted by atomic mass is 10.4. The zero-order chi connectivity index (χ0) is 16.1. The average molecular weight is 332 g/mol. The van der Waals surface area contributed by atoms with E-state index >= 15 is 0 Å². The molecule has 0 bridgehead atoms. The summed E-state index contributed by atoms with van der Waals surface area (Å²) in [6, 6.07) is 0. The molecule has 0 radical (unpaired) electrons. The van der Waals surface area contributed by atoms with E-state index in [1.54, 1.807) is 0 Å². The molecule has 1 rings (SSSR count). The number of hydrogen-bond acceptors (Lipinski definition) is 6. The molecular formula is C9H15F3N4O4S. The normalized spacial score (nSPS) is 12.8. The Kier molecular flexibility index (Phi) is 6.07. The fraction of sp³-hybridized carbons (Fsp3) is 0.778. The van der Waals surface area contributed by atoms with E-state index in [2.05, 4.69) is 14.9 Å². The van der Waals surface area contributed by atoms with Gasteiger partial charge >= 0.3 is 6.18 Å². The van der Waals surface area contributed by atoms with Gasteiger partial charge in [-0.1, -0.05) is 0 Å². The fourth-order valence-electron chi connectivity index (χ4n) is 1.47. The van der Waals surface area contributed by atoms with Gasteiger partial charge in [0.25, 0.3) is 15.2 Å². The van der Waals surface area contributed by atoms with Crippen LogP contribution in [0.2, 0.25) is 0 Å². The molecule has 8 nitrogen and oxygen atoms in total. The third-order valence-corrected chi connectivity index (χ3v) is 3.11. The van der Waals surface area contributed by atoms with Gasteiger partial charge in [-0.3, -0.25) is 4.57 Å². The Bertz CT molecular complexity index is 558. The Morgan fingerprint density at radius 3 is 2.48 bits per heavy atom. The number of nitrogens with zero attached hydrogens (tertiary/aromatic N) is 3. The standard InChI is InChI=1S/C9H15F3N4O4S/c1-19-5-3-16-7(2-4-20-6-9(10,11)12)14-15-8(16)21(13,17)18/h2-6H2,1H3,(H2,13,17,18). The molecule has 0 aliphatic rings. The van der Waals surface area contributed by atoms with Gasteiger partial charge in [-0.25, -0.2) is 13.6 Å². The highest BCUT2D eigenvalue weighted by Crippen LogP contribution is 2.15. The topological polar surface area (TPSA) is 109 Å². The van der Waals surface area contributed by atoms with Crippen molar-refractivity contribution in [1.29, 1.82) is 0 Å². The number of halogens is 3. The van der Waals surface area contributed by atoms with Gasteiger partial charge in [-0.05, 0) is 0 Å². The zero-order valence-corrected chi connectivity index (χ0v) is 11.9. The second kappa shape index (κ2) is 7.15. The predicted molar refractivity (Wildman–Crippen MR) is 63.8 cm³/mol. The number of ether oxygens (including phenoxy) is 2. The second-order valence-corrected chi connectivity index (χ2v) is 5.46. The van der Waals surface area contributed by atoms with Crippen molar-refractivity contribution in [3.63, 3.8) is 0 Å². The molecule has 1 aromatic rings. The minimum atomic E-state index is -4.42. The van der Waals surface area contributed by atoms with Gasteiger partial charge in [0.05, 0.1) is 13.2 Å². The number of methoxy groups -OCH3 is 1. The van der Waals surface area contributed by atoms with Gasteiger partial charge < -0.3 is 9.47 Å². The third kappa shape index (κ3) is 5.95. The minimum absolute atomic E-state index is 0.0394. The second-order valence-electron chi connectivity index (χ2n) is 4.01. The summed E-state index contributed by atoms with van der Waals surface area (Å²) in [5.74, 6) is 0.151. The van der Waals surface area contributed by atoms with Crippen LogP contribution in [0.4, 0.5) is 13.2 Å². The molecule has 0 atom stereocenters. The molecule has 1 aromatic heterocycles. The molecule has 21 heavy (non-hydrogen) atoms. The van der Waals surface area contributed by atoms with Crippen LogP contribution in [0, 0.1) is 0 Å². The molecule has 0 saturated carbocycles. The Labute approximate surface area is 119 Å². The number of aromatic nitrogens is 3. The number of alkyl halides is 3. The van der Waals surface area contributed by atoms with Crippen molar-refractivity contribution in [3.8, 4) is 0 Å². The van der Waals surface area contributed by atoms with Gasteiger partial charge in [-0.2, -0.15) is 13.2 Å². The Morgan fingerprint density at radius 1 is 1.29 bits per heavy atom. The summed E-state index contributed by atoms with van der Waals surface area (Å²) in [7, 11) is -2.67. The van der Waals surface area contributed by atoms with Gasteiger partial charge in [0.1, 0.15) is 12.4 Å². The lowest BCUT2D eigenvalue weighted by molar-refractivity contribution is -0.173. The molecule has 122 valence electrons. The van der Waals surface area contributed by atoms with Crippen molar-refractivity contribution in [2.45, 2.75) is 24.3 Å². The Balaban J connectivity index is 2.75. The average Bonchev–Trinajstić information content (AvgIpc) is 2.73. The molecule has 0 spiro atoms. The van der Waals surface area contributed by atoms with E-state index in [0.717, 1.165) is 0 Å². The molecule has 0 saturated heterocycles. The van der Waals surface area contributed by atoms with E-state index in [9.17, 15) is 21.6 Å². The van der Waals surface area contributed by atoms with Gasteiger partial charge in [0.2, 0.25) is 0 Å². The maximum atomic E-state index is 11.9. The number of sulfonamides is 1. The summed E-state index contributed by atoms with van der Waals surface area (Å²) >= 11 is 0. The van der Waals surface area contributed by atoms with Crippen LogP contribution in [-0.4, -0.2) is 56.3 Å². The van der Waals surface area contributed by atoms with E-state index in [1.807, 2.05) is 0 Å². The molecule has 12 heteroatoms. The summed E-state index contributed by atoms with van der Waals surface area (Å²) in [6.07, 6.45) is -4.46. The molecular weight excluding hydrogens is 317 g/mol. The Morgan fingerprint density at radius 2 is 1.95 bits per heavy atom. The largest absolute Gasteiger partial charge is 0.411 e. The van der Waals surface area contributed by atoms with Crippen LogP contribution in [0.25, 0.3) is 0 Å². The van der Waals surface area contributed by atoms with Crippen LogP contribution in [0.15, 0.2) is 5.16 Å². The number of rotatable bonds is 8. The number of primary sulfonamides is 1. The van der Waals surface area contributed by atoms with Crippen molar-refractivity contribution in [2.24, 2.45) is 5.14 Å². The molecule has 0 aromatic carbocycles. The van der Waals surface area contributed by atoms with Crippen molar-refractivity contribution in [3.05, 3.63) is 5.82 Å². The highest BCUT2D eigenvalue weighted by atomic mass is 32.2. The maximum absolute atomic E-state index is 11.9. The molecule has 0 amide bonds. The summed E-state index contributed by atoms with van der Waals surface area (Å²) in [5, 5.41) is 11.6. The first-order chi connectivity index (χ1) is 9.65. The molecule has 2 N–H and O–H groups in total. The molecule has 0 fully saturated rings. The SMILES string of the molecule is COCCn1c(CCOCC(F)(F)F)nnc1S(N)(=O)=O. The maximum Gasteiger partial charge on any atom is 0.411 e. The van der Waals surface area contributed by atoms with Gasteiger partial charge in [0, 0.05) is 20.1 Å². The summed E-state index contributed by atoms with van der Waals surface area (Å²) < 4.78 is 68.8. The summed E-state index contributed by atoms with van der Waals surface area (Å²) in [4.78, 5) is 0. The third-order valence-electron chi connectivity index (χ3n) is 2.30. The van der Waals surface area contributed by atoms with E-state index in [4.69, 9.17) is 9.88 Å². The van der Waals surface area contributed by atoms with Crippen LogP contribution in [0.5, 0.6) is 0 Å². The summed E-state index contributed by atoms with van der Waals surface area (Å²) in [6.45, 7) is -1.41. The first kappa shape index (κ1) is 17.8. The number of hydrogen-bond donors (Lipinski definition) is 1. The lowest BCUT2D eigenvalue weighted by Gasteiger charge is -2.10. The van der Waals surface area contributed by atoms with Crippen LogP contribution < -0.4 is 5.14 Å². The fourth-order valence-corrected chi connectivity index (χ4v) is 2.13. The van der Waals surface area contributed by atoms with Crippen molar-refractivity contribution >= 4 is 10.0 Å². The van der Waals surface area contributed by atoms with Crippen LogP contribution in [0.1, 0.15) is 5.82 Å². The van der Waals surface area contributed by atoms with E-state index < -0.39 is 28.0 Å². The van der Waals surface area contributed by atoms with E-state index in [1.165, 1.54) is 11.7 Å². The minimum Gasteiger partial charge on any atom is -0.383 e. The summed E-state index contributed by atoms with van der Waals surface area (Å²) in [5.41, 5.74) is 0. The van der Waals surface area contributed by atoms with E-state index in [-0.39, 0.29) is 32.0 Å². The smallest absolute Gasteiger partial charge is 0.383 e. The van der Waals surface area contributed by atoms with E-state index in [0.29, 0.717) is 0 Å². The van der Waals surface area contributed by atoms with Crippen LogP contribution in [-0.2, 0) is 32.5 Å². The molecule has 0 aliphatic carbocycles.